The Kier molecular flexibility index (Phi) is 4.06. The molecule has 1 aromatic carbocycles. The van der Waals surface area contributed by atoms with E-state index in [1.165, 1.54) is 6.07 Å². The van der Waals surface area contributed by atoms with Gasteiger partial charge in [0.2, 0.25) is 5.82 Å². The molecule has 0 bridgehead atoms. The number of halogens is 5. The van der Waals surface area contributed by atoms with Crippen molar-refractivity contribution in [2.75, 3.05) is 11.9 Å². The van der Waals surface area contributed by atoms with Gasteiger partial charge in [0.1, 0.15) is 5.82 Å². The Morgan fingerprint density at radius 2 is 1.86 bits per heavy atom. The summed E-state index contributed by atoms with van der Waals surface area (Å²) in [7, 11) is 0. The van der Waals surface area contributed by atoms with Crippen molar-refractivity contribution in [2.24, 2.45) is 0 Å². The Balaban J connectivity index is 2.62. The van der Waals surface area contributed by atoms with E-state index in [0.717, 1.165) is 18.2 Å². The largest absolute Gasteiger partial charge is 0.451 e. The van der Waals surface area contributed by atoms with Crippen LogP contribution in [0.15, 0.2) is 24.3 Å². The van der Waals surface area contributed by atoms with Gasteiger partial charge in [0.25, 0.3) is 0 Å². The molecule has 0 spiro atoms. The number of alkyl halides is 3. The zero-order valence-electron chi connectivity index (χ0n) is 10.8. The van der Waals surface area contributed by atoms with Crippen molar-refractivity contribution in [3.05, 3.63) is 41.7 Å². The van der Waals surface area contributed by atoms with Gasteiger partial charge in [-0.1, -0.05) is 6.07 Å². The molecule has 0 radical (unpaired) electrons. The molecule has 0 saturated heterocycles. The number of aromatic nitrogens is 2. The number of hydrogen-bond acceptors (Lipinski definition) is 3. The van der Waals surface area contributed by atoms with E-state index in [-0.39, 0.29) is 17.1 Å². The van der Waals surface area contributed by atoms with E-state index in [9.17, 15) is 22.0 Å². The summed E-state index contributed by atoms with van der Waals surface area (Å²) >= 11 is 0. The van der Waals surface area contributed by atoms with Gasteiger partial charge in [0.15, 0.2) is 11.6 Å². The number of anilines is 1. The third-order valence-corrected chi connectivity index (χ3v) is 2.57. The van der Waals surface area contributed by atoms with Crippen LogP contribution in [-0.2, 0) is 6.18 Å². The van der Waals surface area contributed by atoms with Crippen molar-refractivity contribution in [3.63, 3.8) is 0 Å². The van der Waals surface area contributed by atoms with Gasteiger partial charge in [0.05, 0.1) is 5.69 Å². The van der Waals surface area contributed by atoms with E-state index in [1.54, 1.807) is 6.92 Å². The lowest BCUT2D eigenvalue weighted by atomic mass is 10.1. The van der Waals surface area contributed by atoms with Crippen molar-refractivity contribution in [3.8, 4) is 11.3 Å². The van der Waals surface area contributed by atoms with Crippen LogP contribution < -0.4 is 5.32 Å². The molecular weight excluding hydrogens is 293 g/mol. The van der Waals surface area contributed by atoms with Crippen LogP contribution in [0.2, 0.25) is 0 Å². The molecule has 0 saturated carbocycles. The minimum atomic E-state index is -4.79. The van der Waals surface area contributed by atoms with E-state index in [2.05, 4.69) is 15.3 Å². The van der Waals surface area contributed by atoms with Gasteiger partial charge in [-0.05, 0) is 19.1 Å². The van der Waals surface area contributed by atoms with Crippen molar-refractivity contribution in [1.82, 2.24) is 9.97 Å². The van der Waals surface area contributed by atoms with Crippen LogP contribution in [0.1, 0.15) is 12.7 Å². The van der Waals surface area contributed by atoms with Crippen LogP contribution in [0.4, 0.5) is 27.8 Å². The van der Waals surface area contributed by atoms with Crippen LogP contribution in [0.25, 0.3) is 11.3 Å². The Hall–Kier alpha value is -2.25. The van der Waals surface area contributed by atoms with E-state index in [0.29, 0.717) is 6.54 Å². The number of hydrogen-bond donors (Lipinski definition) is 1. The molecule has 2 rings (SSSR count). The first-order chi connectivity index (χ1) is 9.82. The van der Waals surface area contributed by atoms with Gasteiger partial charge >= 0.3 is 6.18 Å². The highest BCUT2D eigenvalue weighted by molar-refractivity contribution is 5.63. The Labute approximate surface area is 116 Å². The third-order valence-electron chi connectivity index (χ3n) is 2.57. The quantitative estimate of drug-likeness (QED) is 0.875. The normalized spacial score (nSPS) is 11.5. The molecule has 2 aromatic rings. The summed E-state index contributed by atoms with van der Waals surface area (Å²) in [5, 5.41) is 2.60. The van der Waals surface area contributed by atoms with Crippen molar-refractivity contribution >= 4 is 5.82 Å². The molecule has 0 unspecified atom stereocenters. The van der Waals surface area contributed by atoms with Crippen LogP contribution in [0.5, 0.6) is 0 Å². The van der Waals surface area contributed by atoms with Gasteiger partial charge < -0.3 is 5.32 Å². The molecule has 0 amide bonds. The fourth-order valence-electron chi connectivity index (χ4n) is 1.69. The topological polar surface area (TPSA) is 37.8 Å². The second-order valence-corrected chi connectivity index (χ2v) is 4.09. The maximum absolute atomic E-state index is 13.7. The SMILES string of the molecule is CCNc1cc(-c2cccc(F)c2F)nc(C(F)(F)F)n1. The van der Waals surface area contributed by atoms with E-state index < -0.39 is 23.6 Å². The van der Waals surface area contributed by atoms with Crippen molar-refractivity contribution in [2.45, 2.75) is 13.1 Å². The van der Waals surface area contributed by atoms with Gasteiger partial charge in [0, 0.05) is 18.2 Å². The first-order valence-electron chi connectivity index (χ1n) is 5.97. The Morgan fingerprint density at radius 3 is 2.48 bits per heavy atom. The third kappa shape index (κ3) is 3.26. The highest BCUT2D eigenvalue weighted by Crippen LogP contribution is 2.31. The van der Waals surface area contributed by atoms with Crippen LogP contribution in [-0.4, -0.2) is 16.5 Å². The number of rotatable bonds is 3. The van der Waals surface area contributed by atoms with Crippen LogP contribution >= 0.6 is 0 Å². The molecule has 8 heteroatoms. The Morgan fingerprint density at radius 1 is 1.14 bits per heavy atom. The summed E-state index contributed by atoms with van der Waals surface area (Å²) < 4.78 is 65.2. The lowest BCUT2D eigenvalue weighted by molar-refractivity contribution is -0.144. The average molecular weight is 303 g/mol. The van der Waals surface area contributed by atoms with Crippen molar-refractivity contribution in [1.29, 1.82) is 0 Å². The summed E-state index contributed by atoms with van der Waals surface area (Å²) in [5.74, 6) is -3.95. The van der Waals surface area contributed by atoms with Crippen LogP contribution in [0, 0.1) is 11.6 Å². The lowest BCUT2D eigenvalue weighted by Gasteiger charge is -2.11. The lowest BCUT2D eigenvalue weighted by Crippen LogP contribution is -2.14. The minimum Gasteiger partial charge on any atom is -0.370 e. The number of nitrogens with zero attached hydrogens (tertiary/aromatic N) is 2. The zero-order chi connectivity index (χ0) is 15.6. The maximum atomic E-state index is 13.7. The highest BCUT2D eigenvalue weighted by Gasteiger charge is 2.35. The van der Waals surface area contributed by atoms with E-state index in [1.807, 2.05) is 0 Å². The minimum absolute atomic E-state index is 0.113. The predicted octanol–water partition coefficient (Wildman–Crippen LogP) is 3.87. The van der Waals surface area contributed by atoms with E-state index in [4.69, 9.17) is 0 Å². The first kappa shape index (κ1) is 15.1. The van der Waals surface area contributed by atoms with Gasteiger partial charge in [-0.2, -0.15) is 13.2 Å². The van der Waals surface area contributed by atoms with Crippen molar-refractivity contribution < 1.29 is 22.0 Å². The summed E-state index contributed by atoms with van der Waals surface area (Å²) in [6.07, 6.45) is -4.79. The number of benzene rings is 1. The summed E-state index contributed by atoms with van der Waals surface area (Å²) in [6.45, 7) is 1.98. The van der Waals surface area contributed by atoms with Crippen LogP contribution in [0.3, 0.4) is 0 Å². The molecule has 3 nitrogen and oxygen atoms in total. The zero-order valence-corrected chi connectivity index (χ0v) is 10.8. The Bertz CT molecular complexity index is 655. The molecule has 1 aromatic heterocycles. The molecule has 1 heterocycles. The first-order valence-corrected chi connectivity index (χ1v) is 5.97. The molecule has 21 heavy (non-hydrogen) atoms. The highest BCUT2D eigenvalue weighted by atomic mass is 19.4. The molecule has 0 atom stereocenters. The fourth-order valence-corrected chi connectivity index (χ4v) is 1.69. The monoisotopic (exact) mass is 303 g/mol. The van der Waals surface area contributed by atoms with Gasteiger partial charge in [-0.3, -0.25) is 0 Å². The summed E-state index contributed by atoms with van der Waals surface area (Å²) in [6, 6.07) is 4.35. The molecule has 0 aliphatic rings. The fraction of sp³-hybridized carbons (Fsp3) is 0.231. The van der Waals surface area contributed by atoms with Gasteiger partial charge in [-0.25, -0.2) is 18.7 Å². The van der Waals surface area contributed by atoms with Gasteiger partial charge in [-0.15, -0.1) is 0 Å². The average Bonchev–Trinajstić information content (AvgIpc) is 2.41. The second-order valence-electron chi connectivity index (χ2n) is 4.09. The molecule has 0 aliphatic carbocycles. The molecule has 1 N–H and O–H groups in total. The molecule has 0 aliphatic heterocycles. The molecular formula is C13H10F5N3. The van der Waals surface area contributed by atoms with E-state index >= 15 is 0 Å². The molecule has 112 valence electrons. The second kappa shape index (κ2) is 5.63. The summed E-state index contributed by atoms with van der Waals surface area (Å²) in [4.78, 5) is 6.58. The maximum Gasteiger partial charge on any atom is 0.451 e. The predicted molar refractivity (Wildman–Crippen MR) is 66.5 cm³/mol. The summed E-state index contributed by atoms with van der Waals surface area (Å²) in [5.41, 5.74) is -0.702. The number of nitrogens with one attached hydrogen (secondary N) is 1. The smallest absolute Gasteiger partial charge is 0.370 e. The standard InChI is InChI=1S/C13H10F5N3/c1-2-19-10-6-9(20-12(21-10)13(16,17)18)7-4-3-5-8(14)11(7)15/h3-6H,2H2,1H3,(H,19,20,21). The molecule has 0 fully saturated rings.